The fourth-order valence-corrected chi connectivity index (χ4v) is 3.44. The van der Waals surface area contributed by atoms with Gasteiger partial charge in [0.2, 0.25) is 0 Å². The molecular formula is C19H23NO. The smallest absolute Gasteiger partial charge is 0.120 e. The Bertz CT molecular complexity index is 581. The summed E-state index contributed by atoms with van der Waals surface area (Å²) in [5, 5.41) is 10.2. The molecule has 2 aromatic rings. The molecule has 0 aromatic heterocycles. The average molecular weight is 281 g/mol. The van der Waals surface area contributed by atoms with Crippen LogP contribution in [0, 0.1) is 0 Å². The molecule has 0 amide bonds. The highest BCUT2D eigenvalue weighted by Gasteiger charge is 2.23. The molecule has 1 aliphatic heterocycles. The predicted octanol–water partition coefficient (Wildman–Crippen LogP) is 3.94. The number of rotatable bonds is 3. The lowest BCUT2D eigenvalue weighted by atomic mass is 10.0. The van der Waals surface area contributed by atoms with Crippen LogP contribution in [0.2, 0.25) is 0 Å². The van der Waals surface area contributed by atoms with Gasteiger partial charge in [0.25, 0.3) is 0 Å². The second kappa shape index (κ2) is 6.31. The first kappa shape index (κ1) is 14.2. The zero-order valence-corrected chi connectivity index (χ0v) is 12.6. The van der Waals surface area contributed by atoms with Gasteiger partial charge in [0.05, 0.1) is 0 Å². The zero-order valence-electron chi connectivity index (χ0n) is 12.6. The molecule has 3 rings (SSSR count). The van der Waals surface area contributed by atoms with Crippen molar-refractivity contribution in [2.24, 2.45) is 0 Å². The topological polar surface area (TPSA) is 23.5 Å². The molecule has 0 radical (unpaired) electrons. The third kappa shape index (κ3) is 2.96. The largest absolute Gasteiger partial charge is 0.508 e. The van der Waals surface area contributed by atoms with Gasteiger partial charge in [-0.05, 0) is 36.5 Å². The monoisotopic (exact) mass is 281 g/mol. The van der Waals surface area contributed by atoms with Crippen LogP contribution >= 0.6 is 0 Å². The first-order valence-corrected chi connectivity index (χ1v) is 7.88. The van der Waals surface area contributed by atoms with Gasteiger partial charge in [0.15, 0.2) is 0 Å². The van der Waals surface area contributed by atoms with E-state index < -0.39 is 0 Å². The molecule has 0 bridgehead atoms. The van der Waals surface area contributed by atoms with E-state index in [0.717, 1.165) is 37.9 Å². The van der Waals surface area contributed by atoms with E-state index >= 15 is 0 Å². The molecule has 1 aliphatic rings. The maximum Gasteiger partial charge on any atom is 0.120 e. The number of nitrogens with zero attached hydrogens (tertiary/aromatic N) is 1. The molecule has 0 fully saturated rings. The third-order valence-corrected chi connectivity index (χ3v) is 4.58. The van der Waals surface area contributed by atoms with Crippen molar-refractivity contribution in [3.05, 3.63) is 65.2 Å². The van der Waals surface area contributed by atoms with E-state index in [1.807, 2.05) is 12.1 Å². The minimum atomic E-state index is 0.306. The van der Waals surface area contributed by atoms with E-state index in [0.29, 0.717) is 11.8 Å². The Kier molecular flexibility index (Phi) is 4.26. The summed E-state index contributed by atoms with van der Waals surface area (Å²) in [4.78, 5) is 2.52. The SMILES string of the molecule is CCC(c1ccccc1O)N1CCc2ccccc2CC1. The number of hydrogen-bond acceptors (Lipinski definition) is 2. The fourth-order valence-electron chi connectivity index (χ4n) is 3.44. The number of benzene rings is 2. The Balaban J connectivity index is 1.82. The van der Waals surface area contributed by atoms with Gasteiger partial charge in [-0.3, -0.25) is 4.90 Å². The van der Waals surface area contributed by atoms with Crippen molar-refractivity contribution in [3.8, 4) is 5.75 Å². The average Bonchev–Trinajstić information content (AvgIpc) is 2.73. The van der Waals surface area contributed by atoms with E-state index in [9.17, 15) is 5.11 Å². The van der Waals surface area contributed by atoms with Crippen LogP contribution in [0.3, 0.4) is 0 Å². The molecule has 1 N–H and O–H groups in total. The first-order valence-electron chi connectivity index (χ1n) is 7.88. The highest BCUT2D eigenvalue weighted by atomic mass is 16.3. The number of hydrogen-bond donors (Lipinski definition) is 1. The summed E-state index contributed by atoms with van der Waals surface area (Å²) in [7, 11) is 0. The summed E-state index contributed by atoms with van der Waals surface area (Å²) in [6, 6.07) is 16.8. The Morgan fingerprint density at radius 3 is 2.10 bits per heavy atom. The summed E-state index contributed by atoms with van der Waals surface area (Å²) in [5.41, 5.74) is 4.02. The van der Waals surface area contributed by atoms with Crippen molar-refractivity contribution < 1.29 is 5.11 Å². The second-order valence-corrected chi connectivity index (χ2v) is 5.79. The van der Waals surface area contributed by atoms with Gasteiger partial charge in [-0.1, -0.05) is 49.4 Å². The first-order chi connectivity index (χ1) is 10.3. The zero-order chi connectivity index (χ0) is 14.7. The summed E-state index contributed by atoms with van der Waals surface area (Å²) in [6.45, 7) is 4.32. The normalized spacial score (nSPS) is 17.0. The van der Waals surface area contributed by atoms with Crippen molar-refractivity contribution in [3.63, 3.8) is 0 Å². The Labute approximate surface area is 127 Å². The minimum absolute atomic E-state index is 0.306. The predicted molar refractivity (Wildman–Crippen MR) is 86.6 cm³/mol. The van der Waals surface area contributed by atoms with Gasteiger partial charge in [0, 0.05) is 24.7 Å². The summed E-state index contributed by atoms with van der Waals surface area (Å²) in [5.74, 6) is 0.422. The van der Waals surface area contributed by atoms with Gasteiger partial charge >= 0.3 is 0 Å². The van der Waals surface area contributed by atoms with Crippen LogP contribution in [0.1, 0.15) is 36.1 Å². The second-order valence-electron chi connectivity index (χ2n) is 5.79. The maximum atomic E-state index is 10.2. The van der Waals surface area contributed by atoms with Crippen LogP contribution in [-0.2, 0) is 12.8 Å². The van der Waals surface area contributed by atoms with Crippen molar-refractivity contribution in [1.29, 1.82) is 0 Å². The molecule has 2 nitrogen and oxygen atoms in total. The van der Waals surface area contributed by atoms with E-state index in [2.05, 4.69) is 42.2 Å². The van der Waals surface area contributed by atoms with Crippen molar-refractivity contribution >= 4 is 0 Å². The molecule has 1 atom stereocenters. The Morgan fingerprint density at radius 2 is 1.52 bits per heavy atom. The van der Waals surface area contributed by atoms with Crippen LogP contribution in [-0.4, -0.2) is 23.1 Å². The molecule has 0 spiro atoms. The van der Waals surface area contributed by atoms with Crippen molar-refractivity contribution in [2.45, 2.75) is 32.2 Å². The van der Waals surface area contributed by atoms with Crippen molar-refractivity contribution in [1.82, 2.24) is 4.90 Å². The molecular weight excluding hydrogens is 258 g/mol. The van der Waals surface area contributed by atoms with Crippen LogP contribution < -0.4 is 0 Å². The van der Waals surface area contributed by atoms with E-state index in [4.69, 9.17) is 0 Å². The maximum absolute atomic E-state index is 10.2. The highest BCUT2D eigenvalue weighted by Crippen LogP contribution is 2.32. The molecule has 0 saturated heterocycles. The van der Waals surface area contributed by atoms with Gasteiger partial charge in [-0.2, -0.15) is 0 Å². The van der Waals surface area contributed by atoms with E-state index in [1.165, 1.54) is 11.1 Å². The van der Waals surface area contributed by atoms with Gasteiger partial charge in [-0.25, -0.2) is 0 Å². The summed E-state index contributed by atoms with van der Waals surface area (Å²) in [6.07, 6.45) is 3.22. The summed E-state index contributed by atoms with van der Waals surface area (Å²) < 4.78 is 0. The van der Waals surface area contributed by atoms with Crippen LogP contribution in [0.4, 0.5) is 0 Å². The number of phenolic OH excluding ortho intramolecular Hbond substituents is 1. The lowest BCUT2D eigenvalue weighted by molar-refractivity contribution is 0.198. The molecule has 21 heavy (non-hydrogen) atoms. The quantitative estimate of drug-likeness (QED) is 0.921. The Hall–Kier alpha value is -1.80. The number of aromatic hydroxyl groups is 1. The molecule has 0 aliphatic carbocycles. The molecule has 2 heteroatoms. The highest BCUT2D eigenvalue weighted by molar-refractivity contribution is 5.35. The van der Waals surface area contributed by atoms with Crippen LogP contribution in [0.5, 0.6) is 5.75 Å². The molecule has 2 aromatic carbocycles. The van der Waals surface area contributed by atoms with Crippen LogP contribution in [0.25, 0.3) is 0 Å². The lowest BCUT2D eigenvalue weighted by Crippen LogP contribution is -2.31. The molecule has 1 unspecified atom stereocenters. The lowest BCUT2D eigenvalue weighted by Gasteiger charge is -2.30. The number of phenols is 1. The molecule has 0 saturated carbocycles. The van der Waals surface area contributed by atoms with Crippen LogP contribution in [0.15, 0.2) is 48.5 Å². The van der Waals surface area contributed by atoms with Gasteiger partial charge in [0.1, 0.15) is 5.75 Å². The Morgan fingerprint density at radius 1 is 0.952 bits per heavy atom. The number of fused-ring (bicyclic) bond motifs is 1. The number of para-hydroxylation sites is 1. The van der Waals surface area contributed by atoms with E-state index in [1.54, 1.807) is 6.07 Å². The van der Waals surface area contributed by atoms with Crippen molar-refractivity contribution in [2.75, 3.05) is 13.1 Å². The van der Waals surface area contributed by atoms with E-state index in [-0.39, 0.29) is 0 Å². The van der Waals surface area contributed by atoms with Gasteiger partial charge < -0.3 is 5.11 Å². The fraction of sp³-hybridized carbons (Fsp3) is 0.368. The van der Waals surface area contributed by atoms with Gasteiger partial charge in [-0.15, -0.1) is 0 Å². The summed E-state index contributed by atoms with van der Waals surface area (Å²) >= 11 is 0. The molecule has 110 valence electrons. The third-order valence-electron chi connectivity index (χ3n) is 4.58. The minimum Gasteiger partial charge on any atom is -0.508 e. The molecule has 1 heterocycles. The standard InChI is InChI=1S/C19H23NO/c1-2-18(17-9-5-6-10-19(17)21)20-13-11-15-7-3-4-8-16(15)12-14-20/h3-10,18,21H,2,11-14H2,1H3.